The van der Waals surface area contributed by atoms with Crippen LogP contribution in [0.3, 0.4) is 0 Å². The lowest BCUT2D eigenvalue weighted by molar-refractivity contribution is 0.417. The fraction of sp³-hybridized carbons (Fsp3) is 0.118. The van der Waals surface area contributed by atoms with Gasteiger partial charge in [0.15, 0.2) is 0 Å². The van der Waals surface area contributed by atoms with E-state index in [1.54, 1.807) is 7.11 Å². The minimum Gasteiger partial charge on any atom is -0.496 e. The smallest absolute Gasteiger partial charge is 0.248 e. The highest BCUT2D eigenvalue weighted by Crippen LogP contribution is 2.34. The Morgan fingerprint density at radius 2 is 1.80 bits per heavy atom. The molecule has 0 saturated heterocycles. The molecular weight excluding hydrogens is 250 g/mol. The molecule has 3 rings (SSSR count). The standard InChI is InChI=1S/C17H15NO2/c1-11-5-3-4-6-13(11)14-9-12-7-8-17(19)18-15(12)10-16(14)20-2/h3-10H,1-2H3,(H,18,19). The van der Waals surface area contributed by atoms with Gasteiger partial charge in [-0.05, 0) is 35.6 Å². The highest BCUT2D eigenvalue weighted by atomic mass is 16.5. The van der Waals surface area contributed by atoms with Crippen molar-refractivity contribution in [3.63, 3.8) is 0 Å². The molecule has 1 N–H and O–H groups in total. The molecule has 0 aliphatic heterocycles. The van der Waals surface area contributed by atoms with E-state index in [0.29, 0.717) is 0 Å². The van der Waals surface area contributed by atoms with Gasteiger partial charge in [0.05, 0.1) is 12.6 Å². The predicted molar refractivity (Wildman–Crippen MR) is 81.3 cm³/mol. The largest absolute Gasteiger partial charge is 0.496 e. The van der Waals surface area contributed by atoms with Gasteiger partial charge < -0.3 is 9.72 Å². The van der Waals surface area contributed by atoms with Gasteiger partial charge in [-0.3, -0.25) is 4.79 Å². The summed E-state index contributed by atoms with van der Waals surface area (Å²) < 4.78 is 5.48. The minimum atomic E-state index is -0.108. The van der Waals surface area contributed by atoms with Crippen molar-refractivity contribution >= 4 is 10.9 Å². The highest BCUT2D eigenvalue weighted by Gasteiger charge is 2.10. The number of hydrogen-bond acceptors (Lipinski definition) is 2. The predicted octanol–water partition coefficient (Wildman–Crippen LogP) is 3.51. The average Bonchev–Trinajstić information content (AvgIpc) is 2.46. The van der Waals surface area contributed by atoms with E-state index in [0.717, 1.165) is 27.8 Å². The van der Waals surface area contributed by atoms with E-state index in [2.05, 4.69) is 24.0 Å². The maximum atomic E-state index is 11.4. The lowest BCUT2D eigenvalue weighted by atomic mass is 9.98. The first-order valence-corrected chi connectivity index (χ1v) is 6.46. The second-order valence-electron chi connectivity index (χ2n) is 4.78. The third-order valence-electron chi connectivity index (χ3n) is 3.48. The van der Waals surface area contributed by atoms with Crippen molar-refractivity contribution in [2.45, 2.75) is 6.92 Å². The number of aryl methyl sites for hydroxylation is 1. The Hall–Kier alpha value is -2.55. The van der Waals surface area contributed by atoms with E-state index < -0.39 is 0 Å². The zero-order valence-corrected chi connectivity index (χ0v) is 11.4. The lowest BCUT2D eigenvalue weighted by Crippen LogP contribution is -2.02. The second-order valence-corrected chi connectivity index (χ2v) is 4.78. The third-order valence-corrected chi connectivity index (χ3v) is 3.48. The van der Waals surface area contributed by atoms with E-state index in [1.807, 2.05) is 30.3 Å². The van der Waals surface area contributed by atoms with Gasteiger partial charge in [0.2, 0.25) is 5.56 Å². The molecule has 0 saturated carbocycles. The van der Waals surface area contributed by atoms with Gasteiger partial charge in [-0.15, -0.1) is 0 Å². The number of benzene rings is 2. The third kappa shape index (κ3) is 2.07. The molecule has 20 heavy (non-hydrogen) atoms. The number of nitrogens with one attached hydrogen (secondary N) is 1. The van der Waals surface area contributed by atoms with Gasteiger partial charge in [-0.25, -0.2) is 0 Å². The van der Waals surface area contributed by atoms with Crippen LogP contribution in [0.15, 0.2) is 53.3 Å². The van der Waals surface area contributed by atoms with E-state index in [4.69, 9.17) is 4.74 Å². The van der Waals surface area contributed by atoms with Crippen molar-refractivity contribution in [3.05, 3.63) is 64.4 Å². The quantitative estimate of drug-likeness (QED) is 0.770. The SMILES string of the molecule is COc1cc2[nH]c(=O)ccc2cc1-c1ccccc1C. The molecule has 0 unspecified atom stereocenters. The minimum absolute atomic E-state index is 0.108. The first kappa shape index (κ1) is 12.5. The molecule has 100 valence electrons. The number of aromatic nitrogens is 1. The van der Waals surface area contributed by atoms with E-state index >= 15 is 0 Å². The Bertz CT molecular complexity index is 834. The Balaban J connectivity index is 2.32. The molecule has 3 nitrogen and oxygen atoms in total. The van der Waals surface area contributed by atoms with Crippen molar-refractivity contribution in [2.75, 3.05) is 7.11 Å². The number of H-pyrrole nitrogens is 1. The summed E-state index contributed by atoms with van der Waals surface area (Å²) >= 11 is 0. The number of aromatic amines is 1. The topological polar surface area (TPSA) is 42.1 Å². The summed E-state index contributed by atoms with van der Waals surface area (Å²) in [5, 5.41) is 0.989. The molecule has 1 heterocycles. The van der Waals surface area contributed by atoms with Crippen LogP contribution in [-0.2, 0) is 0 Å². The summed E-state index contributed by atoms with van der Waals surface area (Å²) in [6.07, 6.45) is 0. The Morgan fingerprint density at radius 3 is 2.55 bits per heavy atom. The van der Waals surface area contributed by atoms with Crippen LogP contribution < -0.4 is 10.3 Å². The number of hydrogen-bond donors (Lipinski definition) is 1. The Kier molecular flexibility index (Phi) is 3.03. The summed E-state index contributed by atoms with van der Waals surface area (Å²) in [7, 11) is 1.64. The summed E-state index contributed by atoms with van der Waals surface area (Å²) in [6, 6.07) is 15.5. The van der Waals surface area contributed by atoms with Gasteiger partial charge in [-0.2, -0.15) is 0 Å². The molecule has 0 spiro atoms. The molecule has 0 aliphatic rings. The van der Waals surface area contributed by atoms with Crippen LogP contribution in [0.2, 0.25) is 0 Å². The normalized spacial score (nSPS) is 10.7. The van der Waals surface area contributed by atoms with Crippen molar-refractivity contribution in [1.29, 1.82) is 0 Å². The summed E-state index contributed by atoms with van der Waals surface area (Å²) in [5.41, 5.74) is 4.03. The van der Waals surface area contributed by atoms with E-state index in [1.165, 1.54) is 11.6 Å². The number of fused-ring (bicyclic) bond motifs is 1. The molecular formula is C17H15NO2. The molecule has 3 aromatic rings. The van der Waals surface area contributed by atoms with Gasteiger partial charge in [-0.1, -0.05) is 24.3 Å². The molecule has 0 amide bonds. The van der Waals surface area contributed by atoms with Gasteiger partial charge in [0.25, 0.3) is 0 Å². The number of ether oxygens (including phenoxy) is 1. The van der Waals surface area contributed by atoms with Crippen LogP contribution in [0.4, 0.5) is 0 Å². The van der Waals surface area contributed by atoms with Crippen molar-refractivity contribution in [2.24, 2.45) is 0 Å². The maximum Gasteiger partial charge on any atom is 0.248 e. The summed E-state index contributed by atoms with van der Waals surface area (Å²) in [5.74, 6) is 0.758. The average molecular weight is 265 g/mol. The van der Waals surface area contributed by atoms with Crippen LogP contribution in [0, 0.1) is 6.92 Å². The van der Waals surface area contributed by atoms with Crippen molar-refractivity contribution in [1.82, 2.24) is 4.98 Å². The second kappa shape index (κ2) is 4.85. The fourth-order valence-corrected chi connectivity index (χ4v) is 2.44. The first-order chi connectivity index (χ1) is 9.69. The summed E-state index contributed by atoms with van der Waals surface area (Å²) in [4.78, 5) is 14.2. The number of methoxy groups -OCH3 is 1. The molecule has 0 aliphatic carbocycles. The zero-order chi connectivity index (χ0) is 14.1. The molecule has 0 atom stereocenters. The maximum absolute atomic E-state index is 11.4. The molecule has 0 radical (unpaired) electrons. The van der Waals surface area contributed by atoms with Crippen LogP contribution in [0.5, 0.6) is 5.75 Å². The van der Waals surface area contributed by atoms with Gasteiger partial charge in [0.1, 0.15) is 5.75 Å². The zero-order valence-electron chi connectivity index (χ0n) is 11.4. The molecule has 3 heteroatoms. The molecule has 2 aromatic carbocycles. The van der Waals surface area contributed by atoms with Crippen LogP contribution in [0.25, 0.3) is 22.0 Å². The van der Waals surface area contributed by atoms with E-state index in [9.17, 15) is 4.79 Å². The van der Waals surface area contributed by atoms with Crippen LogP contribution >= 0.6 is 0 Å². The fourth-order valence-electron chi connectivity index (χ4n) is 2.44. The highest BCUT2D eigenvalue weighted by molar-refractivity contribution is 5.88. The monoisotopic (exact) mass is 265 g/mol. The van der Waals surface area contributed by atoms with Crippen molar-refractivity contribution < 1.29 is 4.74 Å². The van der Waals surface area contributed by atoms with Gasteiger partial charge in [0, 0.05) is 17.7 Å². The van der Waals surface area contributed by atoms with Crippen LogP contribution in [0.1, 0.15) is 5.56 Å². The molecule has 1 aromatic heterocycles. The van der Waals surface area contributed by atoms with Crippen LogP contribution in [-0.4, -0.2) is 12.1 Å². The molecule has 0 bridgehead atoms. The molecule has 0 fully saturated rings. The van der Waals surface area contributed by atoms with Crippen molar-refractivity contribution in [3.8, 4) is 16.9 Å². The van der Waals surface area contributed by atoms with Gasteiger partial charge >= 0.3 is 0 Å². The first-order valence-electron chi connectivity index (χ1n) is 6.46. The van der Waals surface area contributed by atoms with E-state index in [-0.39, 0.29) is 5.56 Å². The summed E-state index contributed by atoms with van der Waals surface area (Å²) in [6.45, 7) is 2.08. The lowest BCUT2D eigenvalue weighted by Gasteiger charge is -2.12. The Labute approximate surface area is 116 Å². The number of rotatable bonds is 2. The Morgan fingerprint density at radius 1 is 1.00 bits per heavy atom. The number of pyridine rings is 1.